The molecule has 0 spiro atoms. The number of likely N-dealkylation sites (tertiary alicyclic amines) is 1. The molecular weight excluding hydrogens is 313 g/mol. The highest BCUT2D eigenvalue weighted by Crippen LogP contribution is 2.41. The lowest BCUT2D eigenvalue weighted by atomic mass is 9.69. The highest BCUT2D eigenvalue weighted by molar-refractivity contribution is 5.79. The third-order valence-corrected chi connectivity index (χ3v) is 6.46. The number of allylic oxidation sites excluding steroid dienone is 1. The number of piperidine rings is 1. The average Bonchev–Trinajstić information content (AvgIpc) is 2.63. The average molecular weight is 343 g/mol. The molecule has 0 bridgehead atoms. The summed E-state index contributed by atoms with van der Waals surface area (Å²) in [7, 11) is 0. The molecule has 0 N–H and O–H groups in total. The number of amides is 1. The first-order valence-electron chi connectivity index (χ1n) is 9.72. The Balaban J connectivity index is 1.76. The number of benzene rings is 1. The van der Waals surface area contributed by atoms with Gasteiger partial charge in [0.05, 0.1) is 0 Å². The predicted molar refractivity (Wildman–Crippen MR) is 99.9 cm³/mol. The molecule has 1 aliphatic carbocycles. The molecule has 3 rings (SSSR count). The Morgan fingerprint density at radius 2 is 1.96 bits per heavy atom. The number of nitrogens with zero attached hydrogens (tertiary/aromatic N) is 1. The van der Waals surface area contributed by atoms with Crippen LogP contribution in [-0.4, -0.2) is 23.4 Å². The summed E-state index contributed by atoms with van der Waals surface area (Å²) in [5.41, 5.74) is 0.835. The van der Waals surface area contributed by atoms with E-state index in [2.05, 4.69) is 18.4 Å². The van der Waals surface area contributed by atoms with Gasteiger partial charge in [-0.3, -0.25) is 4.79 Å². The van der Waals surface area contributed by atoms with Crippen molar-refractivity contribution >= 4 is 5.91 Å². The van der Waals surface area contributed by atoms with Crippen LogP contribution in [0.2, 0.25) is 0 Å². The van der Waals surface area contributed by atoms with Crippen molar-refractivity contribution in [1.29, 1.82) is 0 Å². The van der Waals surface area contributed by atoms with Gasteiger partial charge >= 0.3 is 0 Å². The molecule has 25 heavy (non-hydrogen) atoms. The first-order chi connectivity index (χ1) is 12.1. The highest BCUT2D eigenvalue weighted by atomic mass is 19.1. The minimum absolute atomic E-state index is 0.227. The lowest BCUT2D eigenvalue weighted by Gasteiger charge is -2.45. The van der Waals surface area contributed by atoms with E-state index < -0.39 is 0 Å². The van der Waals surface area contributed by atoms with E-state index in [-0.39, 0.29) is 17.1 Å². The van der Waals surface area contributed by atoms with Gasteiger partial charge in [-0.2, -0.15) is 0 Å². The molecule has 1 aromatic rings. The Morgan fingerprint density at radius 3 is 2.56 bits per heavy atom. The molecule has 1 aliphatic heterocycles. The van der Waals surface area contributed by atoms with Gasteiger partial charge in [0.15, 0.2) is 0 Å². The van der Waals surface area contributed by atoms with E-state index in [9.17, 15) is 9.18 Å². The van der Waals surface area contributed by atoms with Crippen LogP contribution in [0.15, 0.2) is 36.9 Å². The summed E-state index contributed by atoms with van der Waals surface area (Å²) in [5, 5.41) is 0. The van der Waals surface area contributed by atoms with Crippen LogP contribution in [0.3, 0.4) is 0 Å². The van der Waals surface area contributed by atoms with Gasteiger partial charge in [-0.1, -0.05) is 37.5 Å². The lowest BCUT2D eigenvalue weighted by molar-refractivity contribution is -0.139. The zero-order valence-electron chi connectivity index (χ0n) is 15.3. The quantitative estimate of drug-likeness (QED) is 0.670. The van der Waals surface area contributed by atoms with Crippen LogP contribution in [0, 0.1) is 11.7 Å². The number of carbonyl (C=O) groups is 1. The van der Waals surface area contributed by atoms with Gasteiger partial charge in [0, 0.05) is 24.4 Å². The second kappa shape index (κ2) is 7.72. The molecule has 1 saturated carbocycles. The normalized spacial score (nSPS) is 26.5. The summed E-state index contributed by atoms with van der Waals surface area (Å²) in [6, 6.07) is 7.02. The number of hydrogen-bond acceptors (Lipinski definition) is 1. The van der Waals surface area contributed by atoms with E-state index >= 15 is 0 Å². The van der Waals surface area contributed by atoms with Crippen LogP contribution in [0.4, 0.5) is 4.39 Å². The molecule has 136 valence electrons. The monoisotopic (exact) mass is 343 g/mol. The third-order valence-electron chi connectivity index (χ3n) is 6.46. The Morgan fingerprint density at radius 1 is 1.28 bits per heavy atom. The number of rotatable bonds is 5. The van der Waals surface area contributed by atoms with Crippen molar-refractivity contribution in [3.63, 3.8) is 0 Å². The molecule has 1 saturated heterocycles. The summed E-state index contributed by atoms with van der Waals surface area (Å²) in [5.74, 6) is 0.665. The van der Waals surface area contributed by atoms with Crippen molar-refractivity contribution < 1.29 is 9.18 Å². The summed E-state index contributed by atoms with van der Waals surface area (Å²) in [6.07, 6.45) is 10.5. The zero-order valence-corrected chi connectivity index (χ0v) is 15.3. The summed E-state index contributed by atoms with van der Waals surface area (Å²) in [4.78, 5) is 15.1. The lowest BCUT2D eigenvalue weighted by Crippen LogP contribution is -2.51. The fourth-order valence-electron chi connectivity index (χ4n) is 4.86. The Bertz CT molecular complexity index is 605. The van der Waals surface area contributed by atoms with Crippen LogP contribution < -0.4 is 0 Å². The second-order valence-electron chi connectivity index (χ2n) is 7.93. The first-order valence-corrected chi connectivity index (χ1v) is 9.72. The fourth-order valence-corrected chi connectivity index (χ4v) is 4.86. The van der Waals surface area contributed by atoms with Crippen molar-refractivity contribution in [3.8, 4) is 0 Å². The van der Waals surface area contributed by atoms with E-state index in [4.69, 9.17) is 0 Å². The molecule has 2 nitrogen and oxygen atoms in total. The summed E-state index contributed by atoms with van der Waals surface area (Å²) >= 11 is 0. The van der Waals surface area contributed by atoms with Gasteiger partial charge in [0.2, 0.25) is 5.91 Å². The molecular formula is C22H30FNO. The number of halogens is 1. The first kappa shape index (κ1) is 18.2. The second-order valence-corrected chi connectivity index (χ2v) is 7.93. The molecule has 3 heteroatoms. The number of carbonyl (C=O) groups excluding carboxylic acids is 1. The van der Waals surface area contributed by atoms with E-state index in [0.717, 1.165) is 24.9 Å². The third kappa shape index (κ3) is 3.80. The smallest absolute Gasteiger partial charge is 0.223 e. The standard InChI is InChI=1S/C22H30FNO/c1-3-13-22(19-9-11-20(23)12-10-19)14-15-24(21(25)16-22)17(2)18-7-5-4-6-8-18/h3,9-12,17-18H,1,4-8,13-16H2,2H3/t17-,22+/m1/s1. The Hall–Kier alpha value is -1.64. The summed E-state index contributed by atoms with van der Waals surface area (Å²) < 4.78 is 13.3. The maximum absolute atomic E-state index is 13.3. The van der Waals surface area contributed by atoms with Gasteiger partial charge < -0.3 is 4.90 Å². The van der Waals surface area contributed by atoms with Gasteiger partial charge in [-0.15, -0.1) is 6.58 Å². The molecule has 2 atom stereocenters. The van der Waals surface area contributed by atoms with Gasteiger partial charge in [0.1, 0.15) is 5.82 Å². The molecule has 1 amide bonds. The largest absolute Gasteiger partial charge is 0.340 e. The number of hydrogen-bond donors (Lipinski definition) is 0. The van der Waals surface area contributed by atoms with Crippen LogP contribution in [0.5, 0.6) is 0 Å². The van der Waals surface area contributed by atoms with E-state index in [1.54, 1.807) is 0 Å². The summed E-state index contributed by atoms with van der Waals surface area (Å²) in [6.45, 7) is 6.92. The fraction of sp³-hybridized carbons (Fsp3) is 0.591. The minimum atomic E-state index is -0.229. The van der Waals surface area contributed by atoms with E-state index in [0.29, 0.717) is 18.4 Å². The molecule has 0 aromatic heterocycles. The van der Waals surface area contributed by atoms with Crippen LogP contribution in [-0.2, 0) is 10.2 Å². The molecule has 0 unspecified atom stereocenters. The van der Waals surface area contributed by atoms with Crippen LogP contribution >= 0.6 is 0 Å². The zero-order chi connectivity index (χ0) is 17.9. The van der Waals surface area contributed by atoms with E-state index in [1.165, 1.54) is 44.2 Å². The Kier molecular flexibility index (Phi) is 5.61. The van der Waals surface area contributed by atoms with Crippen molar-refractivity contribution in [1.82, 2.24) is 4.90 Å². The molecule has 1 heterocycles. The maximum atomic E-state index is 13.3. The predicted octanol–water partition coefficient (Wildman–Crippen LogP) is 5.23. The van der Waals surface area contributed by atoms with Crippen LogP contribution in [0.25, 0.3) is 0 Å². The van der Waals surface area contributed by atoms with Crippen molar-refractivity contribution in [2.24, 2.45) is 5.92 Å². The molecule has 2 aliphatic rings. The van der Waals surface area contributed by atoms with Crippen LogP contribution in [0.1, 0.15) is 63.9 Å². The van der Waals surface area contributed by atoms with Gasteiger partial charge in [-0.05, 0) is 56.2 Å². The maximum Gasteiger partial charge on any atom is 0.223 e. The van der Waals surface area contributed by atoms with Gasteiger partial charge in [0.25, 0.3) is 0 Å². The van der Waals surface area contributed by atoms with Crippen molar-refractivity contribution in [2.45, 2.75) is 69.7 Å². The highest BCUT2D eigenvalue weighted by Gasteiger charge is 2.41. The van der Waals surface area contributed by atoms with E-state index in [1.807, 2.05) is 18.2 Å². The minimum Gasteiger partial charge on any atom is -0.340 e. The van der Waals surface area contributed by atoms with Gasteiger partial charge in [-0.25, -0.2) is 4.39 Å². The molecule has 2 fully saturated rings. The molecule has 1 aromatic carbocycles. The van der Waals surface area contributed by atoms with Crippen molar-refractivity contribution in [3.05, 3.63) is 48.3 Å². The topological polar surface area (TPSA) is 20.3 Å². The Labute approximate surface area is 151 Å². The molecule has 0 radical (unpaired) electrons. The van der Waals surface area contributed by atoms with Crippen molar-refractivity contribution in [2.75, 3.05) is 6.54 Å². The SMILES string of the molecule is C=CC[C@]1(c2ccc(F)cc2)CCN([C@H](C)C2CCCCC2)C(=O)C1.